The lowest BCUT2D eigenvalue weighted by Crippen LogP contribution is -2.61. The van der Waals surface area contributed by atoms with Gasteiger partial charge in [0.2, 0.25) is 0 Å². The fraction of sp³-hybridized carbons (Fsp3) is 0.583. The van der Waals surface area contributed by atoms with Crippen molar-refractivity contribution < 1.29 is 14.8 Å². The Bertz CT molecular complexity index is 513. The molecule has 0 radical (unpaired) electrons. The smallest absolute Gasteiger partial charge is 0.287 e. The lowest BCUT2D eigenvalue weighted by atomic mass is 9.96. The Kier molecular flexibility index (Phi) is 3.32. The number of likely N-dealkylation sites (tertiary alicyclic amines) is 1. The van der Waals surface area contributed by atoms with Gasteiger partial charge in [-0.25, -0.2) is 0 Å². The molecule has 0 saturated carbocycles. The van der Waals surface area contributed by atoms with Gasteiger partial charge in [0.05, 0.1) is 29.8 Å². The van der Waals surface area contributed by atoms with Gasteiger partial charge in [-0.2, -0.15) is 0 Å². The van der Waals surface area contributed by atoms with Crippen LogP contribution in [-0.2, 0) is 6.54 Å². The van der Waals surface area contributed by atoms with E-state index in [0.717, 1.165) is 6.42 Å². The van der Waals surface area contributed by atoms with Crippen LogP contribution in [0.3, 0.4) is 0 Å². The number of nitro groups is 1. The van der Waals surface area contributed by atoms with E-state index < -0.39 is 10.5 Å². The maximum absolute atomic E-state index is 12.2. The fourth-order valence-electron chi connectivity index (χ4n) is 2.28. The Morgan fingerprint density at radius 3 is 2.68 bits per heavy atom. The highest BCUT2D eigenvalue weighted by Crippen LogP contribution is 2.25. The van der Waals surface area contributed by atoms with Crippen LogP contribution in [0.2, 0.25) is 0 Å². The Hall–Kier alpha value is -1.89. The predicted octanol–water partition coefficient (Wildman–Crippen LogP) is 1.01. The first-order valence-corrected chi connectivity index (χ1v) is 6.20. The molecule has 1 aromatic heterocycles. The van der Waals surface area contributed by atoms with Gasteiger partial charge < -0.3 is 14.6 Å². The molecule has 0 unspecified atom stereocenters. The van der Waals surface area contributed by atoms with Crippen molar-refractivity contribution in [3.8, 4) is 0 Å². The summed E-state index contributed by atoms with van der Waals surface area (Å²) in [5.74, 6) is -0.270. The lowest BCUT2D eigenvalue weighted by molar-refractivity contribution is -0.384. The number of rotatable bonds is 4. The van der Waals surface area contributed by atoms with Gasteiger partial charge in [0.15, 0.2) is 0 Å². The second kappa shape index (κ2) is 4.65. The summed E-state index contributed by atoms with van der Waals surface area (Å²) in [4.78, 5) is 24.0. The number of carbonyl (C=O) groups is 1. The average Bonchev–Trinajstić information content (AvgIpc) is 2.69. The summed E-state index contributed by atoms with van der Waals surface area (Å²) in [6.07, 6.45) is 2.17. The van der Waals surface area contributed by atoms with Gasteiger partial charge in [0.25, 0.3) is 11.6 Å². The molecule has 1 N–H and O–H groups in total. The number of amides is 1. The quantitative estimate of drug-likeness (QED) is 0.651. The van der Waals surface area contributed by atoms with Crippen molar-refractivity contribution in [1.29, 1.82) is 0 Å². The normalized spacial score (nSPS) is 17.1. The van der Waals surface area contributed by atoms with Gasteiger partial charge in [-0.05, 0) is 13.3 Å². The molecule has 1 amide bonds. The molecule has 0 spiro atoms. The topological polar surface area (TPSA) is 88.6 Å². The SMILES string of the molecule is CCCn1cc([N+](=O)[O-])cc1C(=O)N1CC(C)(O)C1. The molecule has 104 valence electrons. The van der Waals surface area contributed by atoms with Crippen molar-refractivity contribution in [3.05, 3.63) is 28.1 Å². The first-order valence-electron chi connectivity index (χ1n) is 6.20. The van der Waals surface area contributed by atoms with E-state index in [1.54, 1.807) is 11.5 Å². The molecule has 1 fully saturated rings. The molecule has 2 rings (SSSR count). The van der Waals surface area contributed by atoms with Crippen molar-refractivity contribution in [2.45, 2.75) is 32.4 Å². The Balaban J connectivity index is 2.23. The fourth-order valence-corrected chi connectivity index (χ4v) is 2.28. The molecule has 1 aliphatic rings. The van der Waals surface area contributed by atoms with E-state index in [1.165, 1.54) is 17.2 Å². The number of β-amino-alcohol motifs (C(OH)–C–C–N with tert-alkyl or cyclic N) is 1. The second-order valence-corrected chi connectivity index (χ2v) is 5.19. The van der Waals surface area contributed by atoms with E-state index in [4.69, 9.17) is 0 Å². The van der Waals surface area contributed by atoms with E-state index in [9.17, 15) is 20.0 Å². The number of aryl methyl sites for hydroxylation is 1. The van der Waals surface area contributed by atoms with Crippen LogP contribution in [0.5, 0.6) is 0 Å². The van der Waals surface area contributed by atoms with Gasteiger partial charge in [0, 0.05) is 12.6 Å². The van der Waals surface area contributed by atoms with Crippen LogP contribution in [0, 0.1) is 10.1 Å². The van der Waals surface area contributed by atoms with E-state index in [-0.39, 0.29) is 24.7 Å². The molecule has 1 saturated heterocycles. The maximum Gasteiger partial charge on any atom is 0.287 e. The highest BCUT2D eigenvalue weighted by Gasteiger charge is 2.40. The molecule has 2 heterocycles. The van der Waals surface area contributed by atoms with Crippen LogP contribution in [0.25, 0.3) is 0 Å². The van der Waals surface area contributed by atoms with Crippen LogP contribution in [0.4, 0.5) is 5.69 Å². The molecule has 19 heavy (non-hydrogen) atoms. The Morgan fingerprint density at radius 1 is 1.58 bits per heavy atom. The monoisotopic (exact) mass is 267 g/mol. The largest absolute Gasteiger partial charge is 0.386 e. The highest BCUT2D eigenvalue weighted by atomic mass is 16.6. The molecule has 0 atom stereocenters. The summed E-state index contributed by atoms with van der Waals surface area (Å²) in [7, 11) is 0. The Labute approximate surface area is 110 Å². The molecule has 1 aromatic rings. The van der Waals surface area contributed by atoms with Crippen LogP contribution >= 0.6 is 0 Å². The van der Waals surface area contributed by atoms with E-state index in [1.807, 2.05) is 6.92 Å². The summed E-state index contributed by atoms with van der Waals surface area (Å²) < 4.78 is 1.60. The predicted molar refractivity (Wildman–Crippen MR) is 67.9 cm³/mol. The van der Waals surface area contributed by atoms with Crippen LogP contribution in [-0.4, -0.2) is 44.1 Å². The highest BCUT2D eigenvalue weighted by molar-refractivity contribution is 5.94. The van der Waals surface area contributed by atoms with E-state index in [2.05, 4.69) is 0 Å². The van der Waals surface area contributed by atoms with Gasteiger partial charge >= 0.3 is 0 Å². The third-order valence-electron chi connectivity index (χ3n) is 3.13. The number of aliphatic hydroxyl groups is 1. The summed E-state index contributed by atoms with van der Waals surface area (Å²) in [6.45, 7) is 4.67. The molecule has 7 nitrogen and oxygen atoms in total. The van der Waals surface area contributed by atoms with Gasteiger partial charge in [-0.1, -0.05) is 6.92 Å². The average molecular weight is 267 g/mol. The first-order chi connectivity index (χ1) is 8.84. The van der Waals surface area contributed by atoms with Crippen LogP contribution in [0.15, 0.2) is 12.3 Å². The van der Waals surface area contributed by atoms with Crippen molar-refractivity contribution in [1.82, 2.24) is 9.47 Å². The van der Waals surface area contributed by atoms with E-state index >= 15 is 0 Å². The molecule has 1 aliphatic heterocycles. The van der Waals surface area contributed by atoms with Gasteiger partial charge in [0.1, 0.15) is 5.69 Å². The van der Waals surface area contributed by atoms with Crippen molar-refractivity contribution in [3.63, 3.8) is 0 Å². The summed E-state index contributed by atoms with van der Waals surface area (Å²) >= 11 is 0. The van der Waals surface area contributed by atoms with Crippen molar-refractivity contribution >= 4 is 11.6 Å². The molecule has 7 heteroatoms. The van der Waals surface area contributed by atoms with Crippen LogP contribution in [0.1, 0.15) is 30.8 Å². The maximum atomic E-state index is 12.2. The van der Waals surface area contributed by atoms with Crippen molar-refractivity contribution in [2.24, 2.45) is 0 Å². The molecular weight excluding hydrogens is 250 g/mol. The summed E-state index contributed by atoms with van der Waals surface area (Å²) in [5.41, 5.74) is -0.614. The standard InChI is InChI=1S/C12H17N3O4/c1-3-4-13-6-9(15(18)19)5-10(13)11(16)14-7-12(2,17)8-14/h5-6,17H,3-4,7-8H2,1-2H3. The lowest BCUT2D eigenvalue weighted by Gasteiger charge is -2.44. The minimum absolute atomic E-state index is 0.0796. The zero-order chi connectivity index (χ0) is 14.2. The minimum Gasteiger partial charge on any atom is -0.386 e. The summed E-state index contributed by atoms with van der Waals surface area (Å²) in [6, 6.07) is 1.30. The number of nitrogens with zero attached hydrogens (tertiary/aromatic N) is 3. The number of hydrogen-bond donors (Lipinski definition) is 1. The van der Waals surface area contributed by atoms with E-state index in [0.29, 0.717) is 12.2 Å². The first kappa shape index (κ1) is 13.5. The van der Waals surface area contributed by atoms with Gasteiger partial charge in [-0.15, -0.1) is 0 Å². The molecule has 0 aliphatic carbocycles. The zero-order valence-corrected chi connectivity index (χ0v) is 11.0. The second-order valence-electron chi connectivity index (χ2n) is 5.19. The van der Waals surface area contributed by atoms with Gasteiger partial charge in [-0.3, -0.25) is 14.9 Å². The molecule has 0 aromatic carbocycles. The number of carbonyl (C=O) groups excluding carboxylic acids is 1. The van der Waals surface area contributed by atoms with Crippen LogP contribution < -0.4 is 0 Å². The number of hydrogen-bond acceptors (Lipinski definition) is 4. The minimum atomic E-state index is -0.843. The van der Waals surface area contributed by atoms with Crippen molar-refractivity contribution in [2.75, 3.05) is 13.1 Å². The molecular formula is C12H17N3O4. The molecule has 0 bridgehead atoms. The number of aromatic nitrogens is 1. The zero-order valence-electron chi connectivity index (χ0n) is 11.0. The third kappa shape index (κ3) is 2.60. The summed E-state index contributed by atoms with van der Waals surface area (Å²) in [5, 5.41) is 20.4. The third-order valence-corrected chi connectivity index (χ3v) is 3.13. The Morgan fingerprint density at radius 2 is 2.21 bits per heavy atom.